The number of alkyl halides is 2. The predicted octanol–water partition coefficient (Wildman–Crippen LogP) is 4.39. The summed E-state index contributed by atoms with van der Waals surface area (Å²) in [5.41, 5.74) is 12.1. The third-order valence-electron chi connectivity index (χ3n) is 3.64. The molecule has 0 aliphatic heterocycles. The molecule has 0 heterocycles. The quantitative estimate of drug-likeness (QED) is 0.134. The van der Waals surface area contributed by atoms with Crippen molar-refractivity contribution in [3.63, 3.8) is 0 Å². The molecule has 0 aliphatic carbocycles. The minimum absolute atomic E-state index is 0.283. The van der Waals surface area contributed by atoms with Gasteiger partial charge in [-0.15, -0.1) is 0 Å². The van der Waals surface area contributed by atoms with E-state index in [1.165, 1.54) is 32.1 Å². The topological polar surface area (TPSA) is 78.3 Å². The van der Waals surface area contributed by atoms with Crippen LogP contribution in [0.25, 0.3) is 0 Å². The van der Waals surface area contributed by atoms with Crippen LogP contribution in [0.5, 0.6) is 0 Å². The van der Waals surface area contributed by atoms with Crippen LogP contribution in [-0.4, -0.2) is 28.4 Å². The van der Waals surface area contributed by atoms with Gasteiger partial charge < -0.3 is 16.2 Å². The van der Waals surface area contributed by atoms with Gasteiger partial charge in [-0.2, -0.15) is 0 Å². The van der Waals surface area contributed by atoms with Crippen molar-refractivity contribution in [3.8, 4) is 0 Å². The maximum atomic E-state index is 11.2. The van der Waals surface area contributed by atoms with Gasteiger partial charge in [0.15, 0.2) is 0 Å². The van der Waals surface area contributed by atoms with Crippen molar-refractivity contribution >= 4 is 37.8 Å². The summed E-state index contributed by atoms with van der Waals surface area (Å²) in [6.07, 6.45) is 10.2. The minimum Gasteiger partial charge on any atom is -0.462 e. The molecule has 0 aromatic rings. The molecule has 6 heteroatoms. The highest BCUT2D eigenvalue weighted by molar-refractivity contribution is 9.10. The van der Waals surface area contributed by atoms with E-state index in [2.05, 4.69) is 38.4 Å². The lowest BCUT2D eigenvalue weighted by atomic mass is 10.0. The second kappa shape index (κ2) is 13.4. The van der Waals surface area contributed by atoms with Crippen molar-refractivity contribution in [2.75, 3.05) is 13.2 Å². The Morgan fingerprint density at radius 2 is 1.70 bits per heavy atom. The monoisotopic (exact) mass is 454 g/mol. The van der Waals surface area contributed by atoms with E-state index in [4.69, 9.17) is 16.2 Å². The number of unbranched alkanes of at least 4 members (excludes halogenated alkanes) is 6. The van der Waals surface area contributed by atoms with Gasteiger partial charge in [-0.25, -0.2) is 4.79 Å². The second-order valence-electron chi connectivity index (χ2n) is 6.22. The lowest BCUT2D eigenvalue weighted by Crippen LogP contribution is -2.42. The molecule has 4 nitrogen and oxygen atoms in total. The molecule has 136 valence electrons. The second-order valence-corrected chi connectivity index (χ2v) is 9.09. The van der Waals surface area contributed by atoms with Crippen LogP contribution in [-0.2, 0) is 9.53 Å². The highest BCUT2D eigenvalue weighted by Gasteiger charge is 2.22. The van der Waals surface area contributed by atoms with Crippen molar-refractivity contribution < 1.29 is 9.53 Å². The Morgan fingerprint density at radius 1 is 1.17 bits per heavy atom. The number of halogens is 2. The van der Waals surface area contributed by atoms with E-state index < -0.39 is 4.45 Å². The van der Waals surface area contributed by atoms with Gasteiger partial charge in [-0.1, -0.05) is 77.0 Å². The molecule has 0 radical (unpaired) electrons. The molecule has 0 bridgehead atoms. The SMILES string of the molecule is C=C(C)C(=O)OCCCCCCCCCC(Br)CC(N)(Br)CN. The first-order chi connectivity index (χ1) is 10.8. The normalized spacial score (nSPS) is 15.0. The zero-order chi connectivity index (χ0) is 17.7. The summed E-state index contributed by atoms with van der Waals surface area (Å²) in [6.45, 7) is 6.17. The Bertz CT molecular complexity index is 349. The molecule has 0 spiro atoms. The fourth-order valence-electron chi connectivity index (χ4n) is 2.19. The maximum Gasteiger partial charge on any atom is 0.333 e. The highest BCUT2D eigenvalue weighted by atomic mass is 79.9. The van der Waals surface area contributed by atoms with Gasteiger partial charge in [0, 0.05) is 16.9 Å². The first kappa shape index (κ1) is 23.1. The lowest BCUT2D eigenvalue weighted by Gasteiger charge is -2.23. The van der Waals surface area contributed by atoms with Gasteiger partial charge in [0.05, 0.1) is 11.1 Å². The molecule has 23 heavy (non-hydrogen) atoms. The van der Waals surface area contributed by atoms with Crippen LogP contribution in [0.4, 0.5) is 0 Å². The average Bonchev–Trinajstić information content (AvgIpc) is 2.48. The molecule has 0 aromatic carbocycles. The van der Waals surface area contributed by atoms with Crippen molar-refractivity contribution in [1.82, 2.24) is 0 Å². The average molecular weight is 456 g/mol. The predicted molar refractivity (Wildman–Crippen MR) is 105 cm³/mol. The molecule has 4 N–H and O–H groups in total. The Kier molecular flexibility index (Phi) is 13.4. The van der Waals surface area contributed by atoms with Crippen molar-refractivity contribution in [3.05, 3.63) is 12.2 Å². The molecule has 0 saturated heterocycles. The highest BCUT2D eigenvalue weighted by Crippen LogP contribution is 2.24. The summed E-state index contributed by atoms with van der Waals surface area (Å²) in [6, 6.07) is 0. The molecule has 0 amide bonds. The van der Waals surface area contributed by atoms with E-state index in [9.17, 15) is 4.79 Å². The number of carbonyl (C=O) groups is 1. The number of ether oxygens (including phenoxy) is 1. The zero-order valence-corrected chi connectivity index (χ0v) is 17.5. The molecule has 0 fully saturated rings. The number of hydrogen-bond acceptors (Lipinski definition) is 4. The molecule has 0 aromatic heterocycles. The van der Waals surface area contributed by atoms with Crippen LogP contribution >= 0.6 is 31.9 Å². The summed E-state index contributed by atoms with van der Waals surface area (Å²) in [4.78, 5) is 11.6. The number of carbonyl (C=O) groups excluding carboxylic acids is 1. The smallest absolute Gasteiger partial charge is 0.333 e. The summed E-state index contributed by atoms with van der Waals surface area (Å²) >= 11 is 7.12. The van der Waals surface area contributed by atoms with Crippen molar-refractivity contribution in [2.24, 2.45) is 11.5 Å². The first-order valence-corrected chi connectivity index (χ1v) is 10.1. The Labute approximate surface area is 158 Å². The van der Waals surface area contributed by atoms with Crippen LogP contribution < -0.4 is 11.5 Å². The van der Waals surface area contributed by atoms with Gasteiger partial charge in [-0.05, 0) is 26.2 Å². The lowest BCUT2D eigenvalue weighted by molar-refractivity contribution is -0.139. The van der Waals surface area contributed by atoms with Crippen molar-refractivity contribution in [2.45, 2.75) is 74.0 Å². The fourth-order valence-corrected chi connectivity index (χ4v) is 3.92. The number of hydrogen-bond donors (Lipinski definition) is 2. The van der Waals surface area contributed by atoms with E-state index >= 15 is 0 Å². The van der Waals surface area contributed by atoms with E-state index in [1.807, 2.05) is 0 Å². The van der Waals surface area contributed by atoms with Crippen LogP contribution in [0.1, 0.15) is 64.7 Å². The van der Waals surface area contributed by atoms with Gasteiger partial charge in [0.2, 0.25) is 0 Å². The molecular weight excluding hydrogens is 424 g/mol. The largest absolute Gasteiger partial charge is 0.462 e. The minimum atomic E-state index is -0.450. The zero-order valence-electron chi connectivity index (χ0n) is 14.3. The van der Waals surface area contributed by atoms with Crippen LogP contribution in [0.15, 0.2) is 12.2 Å². The van der Waals surface area contributed by atoms with Gasteiger partial charge in [0.25, 0.3) is 0 Å². The Morgan fingerprint density at radius 3 is 2.22 bits per heavy atom. The fraction of sp³-hybridized carbons (Fsp3) is 0.824. The Hall–Kier alpha value is 0.0900. The molecule has 2 unspecified atom stereocenters. The summed E-state index contributed by atoms with van der Waals surface area (Å²) in [5, 5.41) is 0. The van der Waals surface area contributed by atoms with Gasteiger partial charge in [-0.3, -0.25) is 0 Å². The van der Waals surface area contributed by atoms with E-state index in [0.717, 1.165) is 25.7 Å². The number of nitrogens with two attached hydrogens (primary N) is 2. The van der Waals surface area contributed by atoms with Gasteiger partial charge >= 0.3 is 5.97 Å². The van der Waals surface area contributed by atoms with Gasteiger partial charge in [0.1, 0.15) is 0 Å². The van der Waals surface area contributed by atoms with Crippen LogP contribution in [0, 0.1) is 0 Å². The number of rotatable bonds is 14. The standard InChI is InChI=1S/C17H32Br2N2O2/c1-14(2)16(22)23-11-9-7-5-3-4-6-8-10-15(18)12-17(19,21)13-20/h15H,1,3-13,20-21H2,2H3. The third kappa shape index (κ3) is 14.2. The maximum absolute atomic E-state index is 11.2. The third-order valence-corrected chi connectivity index (χ3v) is 5.07. The van der Waals surface area contributed by atoms with Crippen LogP contribution in [0.3, 0.4) is 0 Å². The van der Waals surface area contributed by atoms with Crippen molar-refractivity contribution in [1.29, 1.82) is 0 Å². The van der Waals surface area contributed by atoms with Crippen LogP contribution in [0.2, 0.25) is 0 Å². The molecule has 2 atom stereocenters. The summed E-state index contributed by atoms with van der Waals surface area (Å²) in [7, 11) is 0. The molecule has 0 aliphatic rings. The number of esters is 1. The first-order valence-electron chi connectivity index (χ1n) is 8.43. The van der Waals surface area contributed by atoms with E-state index in [0.29, 0.717) is 23.6 Å². The summed E-state index contributed by atoms with van der Waals surface area (Å²) in [5.74, 6) is -0.283. The van der Waals surface area contributed by atoms with E-state index in [-0.39, 0.29) is 5.97 Å². The molecular formula is C17H32Br2N2O2. The van der Waals surface area contributed by atoms with E-state index in [1.54, 1.807) is 6.92 Å². The summed E-state index contributed by atoms with van der Waals surface area (Å²) < 4.78 is 4.61. The Balaban J connectivity index is 3.37. The molecule has 0 saturated carbocycles. The molecule has 0 rings (SSSR count).